The van der Waals surface area contributed by atoms with Crippen LogP contribution in [0.15, 0.2) is 53.4 Å². The topological polar surface area (TPSA) is 50.4 Å². The highest BCUT2D eigenvalue weighted by Gasteiger charge is 2.28. The second kappa shape index (κ2) is 8.43. The van der Waals surface area contributed by atoms with E-state index in [-0.39, 0.29) is 12.1 Å². The van der Waals surface area contributed by atoms with E-state index in [9.17, 15) is 4.21 Å². The first-order chi connectivity index (χ1) is 11.6. The van der Waals surface area contributed by atoms with E-state index in [0.29, 0.717) is 23.2 Å². The molecular weight excluding hydrogens is 367 g/mol. The molecule has 3 atom stereocenters. The van der Waals surface area contributed by atoms with Crippen LogP contribution in [0.4, 0.5) is 0 Å². The number of benzene rings is 2. The van der Waals surface area contributed by atoms with Crippen LogP contribution in [0.1, 0.15) is 11.7 Å². The van der Waals surface area contributed by atoms with Crippen molar-refractivity contribution in [2.45, 2.75) is 17.0 Å². The SMILES string of the molecule is O=S(N[C@@H]1CNCCO[C@H]1c1ccc(Cl)c(Cl)c1)c1ccccc1. The molecule has 1 heterocycles. The molecule has 0 saturated carbocycles. The number of halogens is 2. The van der Waals surface area contributed by atoms with Gasteiger partial charge in [0, 0.05) is 13.1 Å². The first kappa shape index (κ1) is 17.9. The van der Waals surface area contributed by atoms with Gasteiger partial charge in [0.2, 0.25) is 0 Å². The van der Waals surface area contributed by atoms with Crippen molar-refractivity contribution in [2.24, 2.45) is 0 Å². The lowest BCUT2D eigenvalue weighted by molar-refractivity contribution is 0.0496. The molecule has 4 nitrogen and oxygen atoms in total. The molecule has 2 aromatic carbocycles. The minimum Gasteiger partial charge on any atom is -0.370 e. The fraction of sp³-hybridized carbons (Fsp3) is 0.294. The molecule has 7 heteroatoms. The zero-order valence-corrected chi connectivity index (χ0v) is 15.2. The van der Waals surface area contributed by atoms with Gasteiger partial charge in [0.05, 0.1) is 27.6 Å². The zero-order chi connectivity index (χ0) is 16.9. The van der Waals surface area contributed by atoms with E-state index in [4.69, 9.17) is 27.9 Å². The minimum absolute atomic E-state index is 0.161. The summed E-state index contributed by atoms with van der Waals surface area (Å²) in [6, 6.07) is 14.6. The fourth-order valence-corrected chi connectivity index (χ4v) is 3.94. The summed E-state index contributed by atoms with van der Waals surface area (Å²) >= 11 is 12.1. The van der Waals surface area contributed by atoms with Gasteiger partial charge in [-0.15, -0.1) is 0 Å². The van der Waals surface area contributed by atoms with Gasteiger partial charge in [-0.1, -0.05) is 47.5 Å². The van der Waals surface area contributed by atoms with Gasteiger partial charge in [0.25, 0.3) is 0 Å². The first-order valence-electron chi connectivity index (χ1n) is 7.65. The average Bonchev–Trinajstić information content (AvgIpc) is 2.83. The normalized spacial score (nSPS) is 22.8. The van der Waals surface area contributed by atoms with Crippen molar-refractivity contribution >= 4 is 34.2 Å². The smallest absolute Gasteiger partial charge is 0.125 e. The second-order valence-corrected chi connectivity index (χ2v) is 7.53. The molecule has 128 valence electrons. The Morgan fingerprint density at radius 2 is 1.92 bits per heavy atom. The summed E-state index contributed by atoms with van der Waals surface area (Å²) in [6.07, 6.45) is -0.262. The highest BCUT2D eigenvalue weighted by atomic mass is 35.5. The molecule has 1 unspecified atom stereocenters. The summed E-state index contributed by atoms with van der Waals surface area (Å²) < 4.78 is 21.7. The summed E-state index contributed by atoms with van der Waals surface area (Å²) in [5.74, 6) is 0. The molecule has 0 aromatic heterocycles. The number of nitrogens with one attached hydrogen (secondary N) is 2. The van der Waals surface area contributed by atoms with Gasteiger partial charge < -0.3 is 10.1 Å². The number of hydrogen-bond acceptors (Lipinski definition) is 3. The Balaban J connectivity index is 1.82. The van der Waals surface area contributed by atoms with E-state index >= 15 is 0 Å². The van der Waals surface area contributed by atoms with E-state index in [1.165, 1.54) is 0 Å². The van der Waals surface area contributed by atoms with Crippen molar-refractivity contribution in [3.05, 3.63) is 64.1 Å². The third-order valence-corrected chi connectivity index (χ3v) is 5.75. The van der Waals surface area contributed by atoms with Crippen molar-refractivity contribution in [3.8, 4) is 0 Å². The lowest BCUT2D eigenvalue weighted by Gasteiger charge is -2.26. The Morgan fingerprint density at radius 3 is 2.67 bits per heavy atom. The van der Waals surface area contributed by atoms with Crippen LogP contribution in [0.2, 0.25) is 10.0 Å². The molecule has 24 heavy (non-hydrogen) atoms. The van der Waals surface area contributed by atoms with E-state index in [0.717, 1.165) is 17.0 Å². The number of rotatable bonds is 4. The van der Waals surface area contributed by atoms with E-state index in [1.54, 1.807) is 12.1 Å². The highest BCUT2D eigenvalue weighted by molar-refractivity contribution is 7.83. The van der Waals surface area contributed by atoms with Gasteiger partial charge in [0.1, 0.15) is 17.1 Å². The van der Waals surface area contributed by atoms with Gasteiger partial charge in [-0.3, -0.25) is 0 Å². The van der Waals surface area contributed by atoms with E-state index < -0.39 is 11.0 Å². The number of hydrogen-bond donors (Lipinski definition) is 2. The molecule has 0 spiro atoms. The predicted octanol–water partition coefficient (Wildman–Crippen LogP) is 3.34. The lowest BCUT2D eigenvalue weighted by atomic mass is 10.0. The van der Waals surface area contributed by atoms with Crippen LogP contribution in [-0.2, 0) is 15.7 Å². The van der Waals surface area contributed by atoms with Crippen LogP contribution >= 0.6 is 23.2 Å². The second-order valence-electron chi connectivity index (χ2n) is 5.48. The van der Waals surface area contributed by atoms with Gasteiger partial charge in [0.15, 0.2) is 0 Å². The molecule has 0 amide bonds. The van der Waals surface area contributed by atoms with Gasteiger partial charge in [-0.05, 0) is 29.8 Å². The van der Waals surface area contributed by atoms with Crippen molar-refractivity contribution in [1.82, 2.24) is 10.0 Å². The Hall–Kier alpha value is -0.950. The van der Waals surface area contributed by atoms with E-state index in [1.807, 2.05) is 36.4 Å². The zero-order valence-electron chi connectivity index (χ0n) is 12.9. The third-order valence-electron chi connectivity index (χ3n) is 3.79. The molecular formula is C17H18Cl2N2O2S. The minimum atomic E-state index is -1.32. The summed E-state index contributed by atoms with van der Waals surface area (Å²) in [5.41, 5.74) is 0.913. The van der Waals surface area contributed by atoms with Gasteiger partial charge in [-0.2, -0.15) is 0 Å². The largest absolute Gasteiger partial charge is 0.370 e. The van der Waals surface area contributed by atoms with Gasteiger partial charge >= 0.3 is 0 Å². The molecule has 3 rings (SSSR count). The Kier molecular flexibility index (Phi) is 6.27. The monoisotopic (exact) mass is 384 g/mol. The molecule has 1 saturated heterocycles. The lowest BCUT2D eigenvalue weighted by Crippen LogP contribution is -2.42. The maximum atomic E-state index is 12.6. The van der Waals surface area contributed by atoms with Crippen molar-refractivity contribution in [1.29, 1.82) is 0 Å². The molecule has 0 bridgehead atoms. The first-order valence-corrected chi connectivity index (χ1v) is 9.56. The van der Waals surface area contributed by atoms with Crippen LogP contribution in [0.25, 0.3) is 0 Å². The van der Waals surface area contributed by atoms with Crippen molar-refractivity contribution < 1.29 is 8.95 Å². The predicted molar refractivity (Wildman–Crippen MR) is 97.8 cm³/mol. The van der Waals surface area contributed by atoms with Crippen LogP contribution < -0.4 is 10.0 Å². The van der Waals surface area contributed by atoms with Crippen molar-refractivity contribution in [3.63, 3.8) is 0 Å². The summed E-state index contributed by atoms with van der Waals surface area (Å²) in [5, 5.41) is 4.29. The average molecular weight is 385 g/mol. The van der Waals surface area contributed by atoms with Gasteiger partial charge in [-0.25, -0.2) is 8.93 Å². The van der Waals surface area contributed by atoms with Crippen LogP contribution in [-0.4, -0.2) is 29.9 Å². The molecule has 1 aliphatic rings. The summed E-state index contributed by atoms with van der Waals surface area (Å²) in [6.45, 7) is 1.96. The molecule has 0 radical (unpaired) electrons. The van der Waals surface area contributed by atoms with Crippen molar-refractivity contribution in [2.75, 3.05) is 19.7 Å². The van der Waals surface area contributed by atoms with E-state index in [2.05, 4.69) is 10.0 Å². The Labute approximate surface area is 154 Å². The quantitative estimate of drug-likeness (QED) is 0.849. The van der Waals surface area contributed by atoms with Crippen LogP contribution in [0.3, 0.4) is 0 Å². The molecule has 0 aliphatic carbocycles. The summed E-state index contributed by atoms with van der Waals surface area (Å²) in [4.78, 5) is 0.731. The number of ether oxygens (including phenoxy) is 1. The maximum absolute atomic E-state index is 12.6. The Morgan fingerprint density at radius 1 is 1.12 bits per heavy atom. The highest BCUT2D eigenvalue weighted by Crippen LogP contribution is 2.29. The molecule has 2 N–H and O–H groups in total. The molecule has 1 fully saturated rings. The maximum Gasteiger partial charge on any atom is 0.125 e. The van der Waals surface area contributed by atoms with Crippen LogP contribution in [0.5, 0.6) is 0 Å². The third kappa shape index (κ3) is 4.36. The fourth-order valence-electron chi connectivity index (χ4n) is 2.61. The molecule has 2 aromatic rings. The Bertz CT molecular complexity index is 715. The summed E-state index contributed by atoms with van der Waals surface area (Å²) in [7, 11) is -1.32. The molecule has 1 aliphatic heterocycles. The standard InChI is InChI=1S/C17H18Cl2N2O2S/c18-14-7-6-12(10-15(14)19)17-16(11-20-8-9-23-17)21-24(22)13-4-2-1-3-5-13/h1-7,10,16-17,20-21H,8-9,11H2/t16-,17+,24?/m1/s1. The van der Waals surface area contributed by atoms with Crippen LogP contribution in [0, 0.1) is 0 Å².